The number of rotatable bonds is 6. The van der Waals surface area contributed by atoms with Crippen molar-refractivity contribution in [3.8, 4) is 16.9 Å². The molecule has 29 heavy (non-hydrogen) atoms. The van der Waals surface area contributed by atoms with Gasteiger partial charge in [-0.25, -0.2) is 4.39 Å². The summed E-state index contributed by atoms with van der Waals surface area (Å²) < 4.78 is 20.6. The Balaban J connectivity index is 0.000000370. The van der Waals surface area contributed by atoms with Crippen LogP contribution in [0.4, 0.5) is 4.39 Å². The third-order valence-corrected chi connectivity index (χ3v) is 4.08. The van der Waals surface area contributed by atoms with Crippen LogP contribution < -0.4 is 10.9 Å². The van der Waals surface area contributed by atoms with Gasteiger partial charge in [0.25, 0.3) is 5.56 Å². The van der Waals surface area contributed by atoms with Crippen molar-refractivity contribution in [2.75, 3.05) is 20.3 Å². The van der Waals surface area contributed by atoms with E-state index in [4.69, 9.17) is 11.6 Å². The number of methoxy groups -OCH3 is 1. The number of aryl methyl sites for hydroxylation is 2. The minimum Gasteiger partial charge on any atom is -0.383 e. The molecule has 1 aromatic carbocycles. The number of hydrogen-bond acceptors (Lipinski definition) is 5. The molecule has 0 radical (unpaired) electrons. The minimum atomic E-state index is -0.425. The maximum absolute atomic E-state index is 13.2. The van der Waals surface area contributed by atoms with Crippen molar-refractivity contribution in [1.82, 2.24) is 24.9 Å². The molecule has 0 aliphatic rings. The molecule has 154 valence electrons. The molecule has 0 unspecified atom stereocenters. The van der Waals surface area contributed by atoms with Crippen molar-refractivity contribution in [3.63, 3.8) is 0 Å². The largest absolute Gasteiger partial charge is 0.383 e. The van der Waals surface area contributed by atoms with Crippen LogP contribution in [0.25, 0.3) is 16.9 Å². The van der Waals surface area contributed by atoms with Crippen molar-refractivity contribution >= 4 is 18.0 Å². The number of carbonyl (C=O) groups excluding carboxylic acids is 1. The van der Waals surface area contributed by atoms with Gasteiger partial charge in [0.05, 0.1) is 29.7 Å². The Labute approximate surface area is 171 Å². The monoisotopic (exact) mass is 421 g/mol. The molecule has 3 rings (SSSR count). The fourth-order valence-electron chi connectivity index (χ4n) is 2.36. The maximum atomic E-state index is 13.2. The van der Waals surface area contributed by atoms with E-state index in [-0.39, 0.29) is 10.6 Å². The number of ether oxygens (including phenoxy) is 1. The van der Waals surface area contributed by atoms with Gasteiger partial charge in [0, 0.05) is 31.8 Å². The smallest absolute Gasteiger partial charge is 0.274 e. The number of hydrogen-bond donors (Lipinski definition) is 1. The lowest BCUT2D eigenvalue weighted by Crippen LogP contribution is -2.23. The van der Waals surface area contributed by atoms with E-state index < -0.39 is 5.82 Å². The number of nitrogens with one attached hydrogen (secondary N) is 1. The Morgan fingerprint density at radius 3 is 2.69 bits per heavy atom. The average Bonchev–Trinajstić information content (AvgIpc) is 3.11. The van der Waals surface area contributed by atoms with Crippen LogP contribution in [0.1, 0.15) is 5.56 Å². The zero-order valence-corrected chi connectivity index (χ0v) is 17.0. The van der Waals surface area contributed by atoms with Crippen LogP contribution >= 0.6 is 11.6 Å². The van der Waals surface area contributed by atoms with E-state index in [2.05, 4.69) is 20.3 Å². The van der Waals surface area contributed by atoms with E-state index in [1.54, 1.807) is 44.2 Å². The van der Waals surface area contributed by atoms with Gasteiger partial charge in [-0.1, -0.05) is 11.6 Å². The third-order valence-electron chi connectivity index (χ3n) is 3.77. The van der Waals surface area contributed by atoms with Gasteiger partial charge in [-0.15, -0.1) is 0 Å². The molecule has 10 heteroatoms. The molecule has 0 aliphatic heterocycles. The van der Waals surface area contributed by atoms with Crippen LogP contribution in [0.15, 0.2) is 41.5 Å². The van der Waals surface area contributed by atoms with Gasteiger partial charge in [0.2, 0.25) is 6.41 Å². The lowest BCUT2D eigenvalue weighted by atomic mass is 10.1. The summed E-state index contributed by atoms with van der Waals surface area (Å²) in [5.74, 6) is -0.425. The lowest BCUT2D eigenvalue weighted by Gasteiger charge is -2.08. The predicted molar refractivity (Wildman–Crippen MR) is 108 cm³/mol. The number of amides is 1. The summed E-state index contributed by atoms with van der Waals surface area (Å²) in [5, 5.41) is 11.0. The summed E-state index contributed by atoms with van der Waals surface area (Å²) in [6, 6.07) is 5.69. The Morgan fingerprint density at radius 1 is 1.34 bits per heavy atom. The van der Waals surface area contributed by atoms with Crippen LogP contribution in [-0.2, 0) is 16.6 Å². The van der Waals surface area contributed by atoms with Gasteiger partial charge in [-0.3, -0.25) is 14.3 Å². The van der Waals surface area contributed by atoms with Gasteiger partial charge in [-0.2, -0.15) is 14.9 Å². The first-order chi connectivity index (χ1) is 13.9. The van der Waals surface area contributed by atoms with Gasteiger partial charge < -0.3 is 10.1 Å². The normalized spacial score (nSPS) is 10.2. The second-order valence-corrected chi connectivity index (χ2v) is 6.40. The van der Waals surface area contributed by atoms with E-state index >= 15 is 0 Å². The number of halogens is 2. The van der Waals surface area contributed by atoms with Gasteiger partial charge in [-0.05, 0) is 31.2 Å². The fraction of sp³-hybridized carbons (Fsp3) is 0.263. The molecule has 0 bridgehead atoms. The molecule has 8 nitrogen and oxygen atoms in total. The molecular formula is C19H21ClFN5O3. The Kier molecular flexibility index (Phi) is 8.05. The zero-order chi connectivity index (χ0) is 21.4. The highest BCUT2D eigenvalue weighted by molar-refractivity contribution is 6.33. The summed E-state index contributed by atoms with van der Waals surface area (Å²) in [7, 11) is 3.34. The summed E-state index contributed by atoms with van der Waals surface area (Å²) in [6.07, 6.45) is 3.88. The highest BCUT2D eigenvalue weighted by atomic mass is 35.5. The second kappa shape index (κ2) is 10.5. The van der Waals surface area contributed by atoms with Crippen LogP contribution in [0.2, 0.25) is 5.02 Å². The van der Waals surface area contributed by atoms with Crippen LogP contribution in [0, 0.1) is 12.7 Å². The first-order valence-electron chi connectivity index (χ1n) is 8.58. The van der Waals surface area contributed by atoms with Crippen LogP contribution in [-0.4, -0.2) is 46.2 Å². The topological polar surface area (TPSA) is 91.0 Å². The lowest BCUT2D eigenvalue weighted by molar-refractivity contribution is -0.109. The van der Waals surface area contributed by atoms with Gasteiger partial charge in [0.15, 0.2) is 0 Å². The molecule has 2 heterocycles. The van der Waals surface area contributed by atoms with E-state index in [0.29, 0.717) is 42.1 Å². The summed E-state index contributed by atoms with van der Waals surface area (Å²) in [4.78, 5) is 21.8. The van der Waals surface area contributed by atoms with Gasteiger partial charge in [0.1, 0.15) is 11.5 Å². The SMILES string of the molecule is COCCNC=O.Cc1cc(-c2ccc(F)cc2Cl)nn(-c2cnn(C)c2)c1=O. The summed E-state index contributed by atoms with van der Waals surface area (Å²) in [5.41, 5.74) is 1.87. The number of carbonyl (C=O) groups is 1. The minimum absolute atomic E-state index is 0.239. The zero-order valence-electron chi connectivity index (χ0n) is 16.2. The van der Waals surface area contributed by atoms with Gasteiger partial charge >= 0.3 is 0 Å². The molecule has 1 amide bonds. The summed E-state index contributed by atoms with van der Waals surface area (Å²) in [6.45, 7) is 2.87. The standard InChI is InChI=1S/C15H12ClFN4O.C4H9NO2/c1-9-5-14(12-4-3-10(17)6-13(12)16)19-21(15(9)22)11-7-18-20(2)8-11;1-7-3-2-5-4-6/h3-8H,1-2H3;4H,2-3H2,1H3,(H,5,6). The van der Waals surface area contributed by atoms with Crippen molar-refractivity contribution in [2.24, 2.45) is 7.05 Å². The van der Waals surface area contributed by atoms with E-state index in [1.165, 1.54) is 22.9 Å². The Morgan fingerprint density at radius 2 is 2.10 bits per heavy atom. The van der Waals surface area contributed by atoms with E-state index in [0.717, 1.165) is 0 Å². The molecule has 0 saturated heterocycles. The molecular weight excluding hydrogens is 401 g/mol. The van der Waals surface area contributed by atoms with Crippen LogP contribution in [0.3, 0.4) is 0 Å². The molecule has 0 aliphatic carbocycles. The third kappa shape index (κ3) is 5.97. The second-order valence-electron chi connectivity index (χ2n) is 5.99. The Hall–Kier alpha value is -3.04. The quantitative estimate of drug-likeness (QED) is 0.486. The fourth-order valence-corrected chi connectivity index (χ4v) is 2.62. The highest BCUT2D eigenvalue weighted by Gasteiger charge is 2.12. The molecule has 0 spiro atoms. The molecule has 0 fully saturated rings. The van der Waals surface area contributed by atoms with E-state index in [9.17, 15) is 14.0 Å². The highest BCUT2D eigenvalue weighted by Crippen LogP contribution is 2.27. The first kappa shape index (κ1) is 22.3. The summed E-state index contributed by atoms with van der Waals surface area (Å²) >= 11 is 6.07. The number of nitrogens with zero attached hydrogens (tertiary/aromatic N) is 4. The molecule has 0 saturated carbocycles. The molecule has 1 N–H and O–H groups in total. The average molecular weight is 422 g/mol. The number of benzene rings is 1. The van der Waals surface area contributed by atoms with E-state index in [1.807, 2.05) is 0 Å². The maximum Gasteiger partial charge on any atom is 0.274 e. The van der Waals surface area contributed by atoms with Crippen molar-refractivity contribution < 1.29 is 13.9 Å². The molecule has 3 aromatic rings. The van der Waals surface area contributed by atoms with Crippen LogP contribution in [0.5, 0.6) is 0 Å². The van der Waals surface area contributed by atoms with Crippen molar-refractivity contribution in [3.05, 3.63) is 63.4 Å². The predicted octanol–water partition coefficient (Wildman–Crippen LogP) is 2.11. The Bertz CT molecular complexity index is 1030. The molecule has 2 aromatic heterocycles. The van der Waals surface area contributed by atoms with Crippen molar-refractivity contribution in [1.29, 1.82) is 0 Å². The first-order valence-corrected chi connectivity index (χ1v) is 8.96. The molecule has 0 atom stereocenters. The number of aromatic nitrogens is 4. The van der Waals surface area contributed by atoms with Crippen molar-refractivity contribution in [2.45, 2.75) is 6.92 Å².